The fourth-order valence-electron chi connectivity index (χ4n) is 3.38. The molecule has 0 aliphatic carbocycles. The zero-order valence-corrected chi connectivity index (χ0v) is 17.8. The van der Waals surface area contributed by atoms with E-state index in [9.17, 15) is 27.9 Å². The molecule has 4 aromatic rings. The lowest BCUT2D eigenvalue weighted by atomic mass is 10.0. The third-order valence-electron chi connectivity index (χ3n) is 5.05. The predicted octanol–water partition coefficient (Wildman–Crippen LogP) is 4.55. The van der Waals surface area contributed by atoms with Crippen molar-refractivity contribution in [2.45, 2.75) is 19.5 Å². The largest absolute Gasteiger partial charge is 0.506 e. The number of H-pyrrole nitrogens is 1. The number of phenols is 1. The Hall–Kier alpha value is -3.79. The minimum Gasteiger partial charge on any atom is -0.506 e. The predicted molar refractivity (Wildman–Crippen MR) is 116 cm³/mol. The molecule has 170 valence electrons. The zero-order valence-electron chi connectivity index (χ0n) is 17.0. The maximum atomic E-state index is 13.0. The van der Waals surface area contributed by atoms with Gasteiger partial charge >= 0.3 is 6.18 Å². The number of nitrogens with one attached hydrogen (secondary N) is 2. The first-order chi connectivity index (χ1) is 15.5. The number of fused-ring (bicyclic) bond motifs is 1. The number of hydrogen-bond donors (Lipinski definition) is 3. The number of alkyl halides is 3. The van der Waals surface area contributed by atoms with Gasteiger partial charge in [0.2, 0.25) is 0 Å². The topological polar surface area (TPSA) is 99.5 Å². The van der Waals surface area contributed by atoms with Gasteiger partial charge in [-0.1, -0.05) is 29.8 Å². The minimum absolute atomic E-state index is 0.0565. The third kappa shape index (κ3) is 4.42. The van der Waals surface area contributed by atoms with Crippen molar-refractivity contribution in [3.8, 4) is 5.75 Å². The van der Waals surface area contributed by atoms with Gasteiger partial charge in [-0.05, 0) is 30.7 Å². The number of nitrogens with zero attached hydrogens (tertiary/aromatic N) is 2. The number of amides is 1. The number of anilines is 1. The molecule has 0 saturated carbocycles. The Bertz CT molecular complexity index is 1440. The molecule has 3 N–H and O–H groups in total. The second kappa shape index (κ2) is 8.28. The molecule has 2 aromatic carbocycles. The average Bonchev–Trinajstić information content (AvgIpc) is 3.17. The normalized spacial score (nSPS) is 11.7. The highest BCUT2D eigenvalue weighted by molar-refractivity contribution is 6.32. The van der Waals surface area contributed by atoms with Crippen molar-refractivity contribution in [2.24, 2.45) is 0 Å². The zero-order chi connectivity index (χ0) is 23.9. The van der Waals surface area contributed by atoms with Gasteiger partial charge in [0.05, 0.1) is 10.6 Å². The van der Waals surface area contributed by atoms with Crippen molar-refractivity contribution in [2.75, 3.05) is 5.32 Å². The molecule has 0 aliphatic rings. The van der Waals surface area contributed by atoms with Crippen molar-refractivity contribution in [1.29, 1.82) is 0 Å². The lowest BCUT2D eigenvalue weighted by molar-refractivity contribution is -0.137. The summed E-state index contributed by atoms with van der Waals surface area (Å²) in [4.78, 5) is 30.0. The van der Waals surface area contributed by atoms with Crippen LogP contribution in [0.1, 0.15) is 32.7 Å². The monoisotopic (exact) mass is 476 g/mol. The van der Waals surface area contributed by atoms with Gasteiger partial charge in [-0.3, -0.25) is 14.7 Å². The summed E-state index contributed by atoms with van der Waals surface area (Å²) in [7, 11) is 0. The Kier molecular flexibility index (Phi) is 5.62. The number of aromatic hydroxyl groups is 1. The van der Waals surface area contributed by atoms with Crippen LogP contribution in [0.15, 0.2) is 53.5 Å². The number of aromatic nitrogens is 3. The lowest BCUT2D eigenvalue weighted by Crippen LogP contribution is -2.23. The molecule has 0 atom stereocenters. The number of carbonyl (C=O) groups is 1. The number of aromatic amines is 1. The first-order valence-electron chi connectivity index (χ1n) is 9.60. The van der Waals surface area contributed by atoms with Crippen molar-refractivity contribution < 1.29 is 23.1 Å². The number of phenolic OH excluding ortho intramolecular Hbond substituents is 1. The van der Waals surface area contributed by atoms with E-state index in [0.29, 0.717) is 5.56 Å². The molecular formula is C22H16ClF3N4O3. The highest BCUT2D eigenvalue weighted by Gasteiger charge is 2.30. The van der Waals surface area contributed by atoms with Crippen LogP contribution in [-0.2, 0) is 12.6 Å². The number of halogens is 4. The molecule has 11 heteroatoms. The van der Waals surface area contributed by atoms with Crippen LogP contribution in [0.25, 0.3) is 5.65 Å². The average molecular weight is 477 g/mol. The SMILES string of the molecule is Cc1nc2c(C(=O)Nc3ccc(Cl)c(O)c3)c[nH]n2c(=O)c1Cc1cccc(C(F)(F)F)c1. The standard InChI is InChI=1S/C22H16ClF3N4O3/c1-11-15(8-12-3-2-4-13(7-12)22(24,25)26)21(33)30-19(28-11)16(10-27-30)20(32)29-14-5-6-17(23)18(31)9-14/h2-7,9-10,27,31H,8H2,1H3,(H,29,32). The van der Waals surface area contributed by atoms with Crippen LogP contribution in [0.4, 0.5) is 18.9 Å². The van der Waals surface area contributed by atoms with Crippen LogP contribution in [0.5, 0.6) is 5.75 Å². The summed E-state index contributed by atoms with van der Waals surface area (Å²) in [6, 6.07) is 8.90. The van der Waals surface area contributed by atoms with Crippen LogP contribution in [0.3, 0.4) is 0 Å². The van der Waals surface area contributed by atoms with E-state index in [0.717, 1.165) is 16.6 Å². The molecule has 4 rings (SSSR count). The van der Waals surface area contributed by atoms with Gasteiger partial charge in [-0.15, -0.1) is 0 Å². The smallest absolute Gasteiger partial charge is 0.416 e. The van der Waals surface area contributed by atoms with Gasteiger partial charge < -0.3 is 10.4 Å². The third-order valence-corrected chi connectivity index (χ3v) is 5.37. The Morgan fingerprint density at radius 3 is 2.70 bits per heavy atom. The molecule has 0 fully saturated rings. The van der Waals surface area contributed by atoms with Crippen molar-refractivity contribution >= 4 is 28.8 Å². The Labute approximate surface area is 189 Å². The molecule has 0 unspecified atom stereocenters. The summed E-state index contributed by atoms with van der Waals surface area (Å²) < 4.78 is 40.1. The number of aryl methyl sites for hydroxylation is 1. The molecule has 0 spiro atoms. The molecule has 1 amide bonds. The molecule has 0 radical (unpaired) electrons. The second-order valence-corrected chi connectivity index (χ2v) is 7.73. The Morgan fingerprint density at radius 1 is 1.24 bits per heavy atom. The fourth-order valence-corrected chi connectivity index (χ4v) is 3.50. The summed E-state index contributed by atoms with van der Waals surface area (Å²) in [5.74, 6) is -0.801. The van der Waals surface area contributed by atoms with E-state index in [1.54, 1.807) is 6.92 Å². The molecular weight excluding hydrogens is 461 g/mol. The maximum Gasteiger partial charge on any atom is 0.416 e. The quantitative estimate of drug-likeness (QED) is 0.402. The van der Waals surface area contributed by atoms with E-state index in [-0.39, 0.29) is 45.3 Å². The van der Waals surface area contributed by atoms with Crippen LogP contribution in [0.2, 0.25) is 5.02 Å². The summed E-state index contributed by atoms with van der Waals surface area (Å²) in [5.41, 5.74) is -0.146. The van der Waals surface area contributed by atoms with Crippen molar-refractivity contribution in [1.82, 2.24) is 14.6 Å². The first kappa shape index (κ1) is 22.4. The van der Waals surface area contributed by atoms with Gasteiger partial charge in [0.1, 0.15) is 11.3 Å². The molecule has 2 heterocycles. The van der Waals surface area contributed by atoms with Gasteiger partial charge in [-0.2, -0.15) is 13.2 Å². The molecule has 0 saturated heterocycles. The number of carbonyl (C=O) groups excluding carboxylic acids is 1. The highest BCUT2D eigenvalue weighted by Crippen LogP contribution is 2.30. The summed E-state index contributed by atoms with van der Waals surface area (Å²) in [6.07, 6.45) is -3.26. The summed E-state index contributed by atoms with van der Waals surface area (Å²) >= 11 is 5.76. The number of benzene rings is 2. The summed E-state index contributed by atoms with van der Waals surface area (Å²) in [6.45, 7) is 1.55. The molecule has 0 bridgehead atoms. The fraction of sp³-hybridized carbons (Fsp3) is 0.136. The highest BCUT2D eigenvalue weighted by atomic mass is 35.5. The van der Waals surface area contributed by atoms with Gasteiger partial charge in [0.25, 0.3) is 11.5 Å². The Balaban J connectivity index is 1.67. The molecule has 0 aliphatic heterocycles. The minimum atomic E-state index is -4.50. The maximum absolute atomic E-state index is 13.0. The van der Waals surface area contributed by atoms with E-state index >= 15 is 0 Å². The van der Waals surface area contributed by atoms with Crippen LogP contribution in [0, 0.1) is 6.92 Å². The van der Waals surface area contributed by atoms with Crippen LogP contribution in [-0.4, -0.2) is 25.6 Å². The molecule has 33 heavy (non-hydrogen) atoms. The lowest BCUT2D eigenvalue weighted by Gasteiger charge is -2.10. The Morgan fingerprint density at radius 2 is 2.00 bits per heavy atom. The van der Waals surface area contributed by atoms with E-state index in [1.165, 1.54) is 36.5 Å². The number of hydrogen-bond acceptors (Lipinski definition) is 4. The van der Waals surface area contributed by atoms with Gasteiger partial charge in [0, 0.05) is 35.6 Å². The van der Waals surface area contributed by atoms with E-state index in [1.807, 2.05) is 0 Å². The number of rotatable bonds is 4. The van der Waals surface area contributed by atoms with E-state index < -0.39 is 23.2 Å². The molecule has 7 nitrogen and oxygen atoms in total. The molecule has 2 aromatic heterocycles. The first-order valence-corrected chi connectivity index (χ1v) is 9.98. The van der Waals surface area contributed by atoms with Crippen LogP contribution >= 0.6 is 11.6 Å². The van der Waals surface area contributed by atoms with Crippen molar-refractivity contribution in [3.05, 3.63) is 92.0 Å². The van der Waals surface area contributed by atoms with E-state index in [4.69, 9.17) is 11.6 Å². The second-order valence-electron chi connectivity index (χ2n) is 7.32. The van der Waals surface area contributed by atoms with Gasteiger partial charge in [-0.25, -0.2) is 9.50 Å². The summed E-state index contributed by atoms with van der Waals surface area (Å²) in [5, 5.41) is 15.1. The van der Waals surface area contributed by atoms with Gasteiger partial charge in [0.15, 0.2) is 5.65 Å². The van der Waals surface area contributed by atoms with E-state index in [2.05, 4.69) is 15.4 Å². The van der Waals surface area contributed by atoms with Crippen molar-refractivity contribution in [3.63, 3.8) is 0 Å². The van der Waals surface area contributed by atoms with Crippen LogP contribution < -0.4 is 10.9 Å².